The summed E-state index contributed by atoms with van der Waals surface area (Å²) < 4.78 is 5.30. The first-order valence-electron chi connectivity index (χ1n) is 5.77. The van der Waals surface area contributed by atoms with E-state index < -0.39 is 5.60 Å². The highest BCUT2D eigenvalue weighted by molar-refractivity contribution is 5.68. The van der Waals surface area contributed by atoms with Crippen molar-refractivity contribution in [1.29, 1.82) is 5.26 Å². The molecular formula is C12H20N2O2. The third-order valence-corrected chi connectivity index (χ3v) is 2.60. The molecule has 1 aliphatic heterocycles. The summed E-state index contributed by atoms with van der Waals surface area (Å²) in [5.41, 5.74) is -0.429. The van der Waals surface area contributed by atoms with E-state index in [9.17, 15) is 4.79 Å². The van der Waals surface area contributed by atoms with Crippen LogP contribution < -0.4 is 0 Å². The molecule has 0 aromatic rings. The molecule has 0 aromatic heterocycles. The summed E-state index contributed by atoms with van der Waals surface area (Å²) >= 11 is 0. The molecule has 1 rings (SSSR count). The van der Waals surface area contributed by atoms with Crippen molar-refractivity contribution < 1.29 is 9.53 Å². The first kappa shape index (κ1) is 12.8. The Morgan fingerprint density at radius 3 is 2.81 bits per heavy atom. The number of ether oxygens (including phenoxy) is 1. The van der Waals surface area contributed by atoms with Gasteiger partial charge in [-0.3, -0.25) is 0 Å². The molecule has 4 nitrogen and oxygen atoms in total. The minimum atomic E-state index is -0.429. The van der Waals surface area contributed by atoms with Gasteiger partial charge in [-0.05, 0) is 39.5 Å². The number of likely N-dealkylation sites (tertiary alicyclic amines) is 1. The van der Waals surface area contributed by atoms with E-state index in [1.807, 2.05) is 20.8 Å². The molecule has 0 aromatic carbocycles. The van der Waals surface area contributed by atoms with E-state index in [0.29, 0.717) is 12.3 Å². The molecule has 1 fully saturated rings. The van der Waals surface area contributed by atoms with Gasteiger partial charge in [-0.1, -0.05) is 0 Å². The second kappa shape index (κ2) is 5.20. The lowest BCUT2D eigenvalue weighted by Gasteiger charge is -2.24. The minimum absolute atomic E-state index is 0.230. The van der Waals surface area contributed by atoms with Gasteiger partial charge in [-0.15, -0.1) is 0 Å². The number of rotatable bonds is 2. The molecule has 1 saturated heterocycles. The van der Waals surface area contributed by atoms with Gasteiger partial charge in [0.05, 0.1) is 6.07 Å². The molecule has 0 unspecified atom stereocenters. The number of carbonyl (C=O) groups is 1. The molecule has 90 valence electrons. The smallest absolute Gasteiger partial charge is 0.410 e. The average molecular weight is 224 g/mol. The van der Waals surface area contributed by atoms with Crippen molar-refractivity contribution in [1.82, 2.24) is 4.90 Å². The third kappa shape index (κ3) is 4.09. The predicted molar refractivity (Wildman–Crippen MR) is 60.8 cm³/mol. The van der Waals surface area contributed by atoms with Crippen molar-refractivity contribution in [2.45, 2.75) is 45.6 Å². The van der Waals surface area contributed by atoms with E-state index in [4.69, 9.17) is 10.00 Å². The van der Waals surface area contributed by atoms with Crippen LogP contribution in [0.4, 0.5) is 4.79 Å². The van der Waals surface area contributed by atoms with E-state index in [1.165, 1.54) is 0 Å². The molecule has 0 radical (unpaired) electrons. The molecule has 16 heavy (non-hydrogen) atoms. The summed E-state index contributed by atoms with van der Waals surface area (Å²) in [5.74, 6) is 0.465. The van der Waals surface area contributed by atoms with Crippen LogP contribution in [-0.4, -0.2) is 29.7 Å². The summed E-state index contributed by atoms with van der Waals surface area (Å²) in [4.78, 5) is 13.5. The van der Waals surface area contributed by atoms with Crippen LogP contribution in [0.5, 0.6) is 0 Å². The Morgan fingerprint density at radius 2 is 2.25 bits per heavy atom. The number of nitriles is 1. The molecule has 1 heterocycles. The fourth-order valence-corrected chi connectivity index (χ4v) is 1.83. The lowest BCUT2D eigenvalue weighted by atomic mass is 10.0. The highest BCUT2D eigenvalue weighted by atomic mass is 16.6. The van der Waals surface area contributed by atoms with E-state index in [0.717, 1.165) is 25.9 Å². The molecule has 0 spiro atoms. The fraction of sp³-hybridized carbons (Fsp3) is 0.833. The van der Waals surface area contributed by atoms with Crippen molar-refractivity contribution in [3.63, 3.8) is 0 Å². The van der Waals surface area contributed by atoms with Crippen LogP contribution >= 0.6 is 0 Å². The lowest BCUT2D eigenvalue weighted by Crippen LogP contribution is -2.35. The second-order valence-electron chi connectivity index (χ2n) is 5.28. The summed E-state index contributed by atoms with van der Waals surface area (Å²) in [5, 5.41) is 8.50. The lowest BCUT2D eigenvalue weighted by molar-refractivity contribution is 0.0288. The molecule has 1 atom stereocenters. The van der Waals surface area contributed by atoms with Gasteiger partial charge in [-0.2, -0.15) is 5.26 Å². The van der Waals surface area contributed by atoms with Crippen molar-refractivity contribution >= 4 is 6.09 Å². The molecule has 4 heteroatoms. The summed E-state index contributed by atoms with van der Waals surface area (Å²) in [6.07, 6.45) is 2.22. The van der Waals surface area contributed by atoms with Gasteiger partial charge in [0, 0.05) is 19.5 Å². The van der Waals surface area contributed by atoms with Gasteiger partial charge in [0.2, 0.25) is 0 Å². The Labute approximate surface area is 97.2 Å². The third-order valence-electron chi connectivity index (χ3n) is 2.60. The van der Waals surface area contributed by atoms with Gasteiger partial charge in [-0.25, -0.2) is 4.79 Å². The fourth-order valence-electron chi connectivity index (χ4n) is 1.83. The summed E-state index contributed by atoms with van der Waals surface area (Å²) in [6, 6.07) is 2.14. The zero-order valence-corrected chi connectivity index (χ0v) is 10.3. The molecule has 0 bridgehead atoms. The summed E-state index contributed by atoms with van der Waals surface area (Å²) in [7, 11) is 0. The Hall–Kier alpha value is -1.24. The number of carbonyl (C=O) groups excluding carboxylic acids is 1. The van der Waals surface area contributed by atoms with E-state index in [-0.39, 0.29) is 6.09 Å². The predicted octanol–water partition coefficient (Wildman–Crippen LogP) is 2.55. The van der Waals surface area contributed by atoms with Crippen LogP contribution in [-0.2, 0) is 4.74 Å². The molecule has 1 amide bonds. The molecule has 0 aliphatic carbocycles. The quantitative estimate of drug-likeness (QED) is 0.724. The minimum Gasteiger partial charge on any atom is -0.444 e. The van der Waals surface area contributed by atoms with Crippen LogP contribution in [0.25, 0.3) is 0 Å². The standard InChI is InChI=1S/C12H20N2O2/c1-12(2,3)16-11(15)14-8-6-10(9-14)5-4-7-13/h10H,4-6,8-9H2,1-3H3/t10-/m1/s1. The maximum absolute atomic E-state index is 11.7. The summed E-state index contributed by atoms with van der Waals surface area (Å²) in [6.45, 7) is 7.10. The maximum atomic E-state index is 11.7. The van der Waals surface area contributed by atoms with E-state index >= 15 is 0 Å². The van der Waals surface area contributed by atoms with Crippen LogP contribution in [0, 0.1) is 17.2 Å². The van der Waals surface area contributed by atoms with Crippen molar-refractivity contribution in [2.24, 2.45) is 5.92 Å². The van der Waals surface area contributed by atoms with Gasteiger partial charge < -0.3 is 9.64 Å². The zero-order valence-electron chi connectivity index (χ0n) is 10.3. The molecule has 0 saturated carbocycles. The maximum Gasteiger partial charge on any atom is 0.410 e. The highest BCUT2D eigenvalue weighted by Gasteiger charge is 2.29. The number of nitrogens with zero attached hydrogens (tertiary/aromatic N) is 2. The van der Waals surface area contributed by atoms with Crippen molar-refractivity contribution in [3.8, 4) is 6.07 Å². The zero-order chi connectivity index (χ0) is 12.2. The van der Waals surface area contributed by atoms with Gasteiger partial charge in [0.15, 0.2) is 0 Å². The van der Waals surface area contributed by atoms with E-state index in [2.05, 4.69) is 6.07 Å². The van der Waals surface area contributed by atoms with Crippen molar-refractivity contribution in [3.05, 3.63) is 0 Å². The number of amides is 1. The average Bonchev–Trinajstić information content (AvgIpc) is 2.60. The van der Waals surface area contributed by atoms with E-state index in [1.54, 1.807) is 4.90 Å². The number of hydrogen-bond acceptors (Lipinski definition) is 3. The molecule has 1 aliphatic rings. The largest absolute Gasteiger partial charge is 0.444 e. The van der Waals surface area contributed by atoms with Crippen LogP contribution in [0.3, 0.4) is 0 Å². The van der Waals surface area contributed by atoms with Gasteiger partial charge in [0.25, 0.3) is 0 Å². The molecular weight excluding hydrogens is 204 g/mol. The van der Waals surface area contributed by atoms with Crippen LogP contribution in [0.15, 0.2) is 0 Å². The van der Waals surface area contributed by atoms with Crippen LogP contribution in [0.2, 0.25) is 0 Å². The Kier molecular flexibility index (Phi) is 4.17. The molecule has 0 N–H and O–H groups in total. The monoisotopic (exact) mass is 224 g/mol. The highest BCUT2D eigenvalue weighted by Crippen LogP contribution is 2.22. The topological polar surface area (TPSA) is 53.3 Å². The Bertz CT molecular complexity index is 288. The first-order chi connectivity index (χ1) is 7.42. The van der Waals surface area contributed by atoms with Crippen molar-refractivity contribution in [2.75, 3.05) is 13.1 Å². The Balaban J connectivity index is 2.36. The first-order valence-corrected chi connectivity index (χ1v) is 5.77. The second-order valence-corrected chi connectivity index (χ2v) is 5.28. The van der Waals surface area contributed by atoms with Gasteiger partial charge in [0.1, 0.15) is 5.60 Å². The number of hydrogen-bond donors (Lipinski definition) is 0. The van der Waals surface area contributed by atoms with Crippen LogP contribution in [0.1, 0.15) is 40.0 Å². The normalized spacial score (nSPS) is 20.6. The Morgan fingerprint density at radius 1 is 1.56 bits per heavy atom. The van der Waals surface area contributed by atoms with Gasteiger partial charge >= 0.3 is 6.09 Å². The SMILES string of the molecule is CC(C)(C)OC(=O)N1CC[C@@H](CCC#N)C1.